The van der Waals surface area contributed by atoms with Crippen molar-refractivity contribution >= 4 is 22.2 Å². The summed E-state index contributed by atoms with van der Waals surface area (Å²) in [4.78, 5) is 20.0. The Hall–Kier alpha value is -2.08. The fourth-order valence-electron chi connectivity index (χ4n) is 3.04. The molecule has 5 nitrogen and oxygen atoms in total. The molecule has 3 aromatic heterocycles. The molecular weight excluding hydrogens is 284 g/mol. The Morgan fingerprint density at radius 1 is 1.43 bits per heavy atom. The molecule has 0 unspecified atom stereocenters. The Kier molecular flexibility index (Phi) is 2.85. The molecule has 0 spiro atoms. The first-order valence-electron chi connectivity index (χ1n) is 7.08. The van der Waals surface area contributed by atoms with Crippen LogP contribution in [0.2, 0.25) is 0 Å². The van der Waals surface area contributed by atoms with Gasteiger partial charge in [-0.2, -0.15) is 0 Å². The number of carbonyl (C=O) groups excluding carboxylic acids is 1. The lowest BCUT2D eigenvalue weighted by molar-refractivity contribution is -0.133. The van der Waals surface area contributed by atoms with E-state index in [1.54, 1.807) is 11.3 Å². The lowest BCUT2D eigenvalue weighted by atomic mass is 10.1. The Balaban J connectivity index is 1.54. The van der Waals surface area contributed by atoms with E-state index in [2.05, 4.69) is 28.7 Å². The summed E-state index contributed by atoms with van der Waals surface area (Å²) in [6.07, 6.45) is 6.37. The number of carbonyl (C=O) groups is 1. The van der Waals surface area contributed by atoms with Crippen molar-refractivity contribution < 1.29 is 4.79 Å². The summed E-state index contributed by atoms with van der Waals surface area (Å²) in [5.41, 5.74) is 2.06. The molecule has 0 saturated heterocycles. The summed E-state index contributed by atoms with van der Waals surface area (Å²) in [5, 5.41) is 1.99. The van der Waals surface area contributed by atoms with Crippen molar-refractivity contribution in [3.8, 4) is 0 Å². The largest absolute Gasteiger partial charge is 0.348 e. The Morgan fingerprint density at radius 2 is 2.33 bits per heavy atom. The highest BCUT2D eigenvalue weighted by atomic mass is 32.1. The second kappa shape index (κ2) is 4.73. The number of rotatable bonds is 2. The van der Waals surface area contributed by atoms with Gasteiger partial charge in [0.15, 0.2) is 4.96 Å². The van der Waals surface area contributed by atoms with E-state index in [1.807, 2.05) is 33.1 Å². The summed E-state index contributed by atoms with van der Waals surface area (Å²) in [7, 11) is 0. The van der Waals surface area contributed by atoms with Crippen molar-refractivity contribution in [2.45, 2.75) is 25.9 Å². The SMILES string of the molecule is C[C@@H]1c2cccn2CCN1C(=O)Cc1cn2ccsc2n1. The van der Waals surface area contributed by atoms with Gasteiger partial charge in [-0.15, -0.1) is 11.3 Å². The number of amides is 1. The number of imidazole rings is 1. The van der Waals surface area contributed by atoms with E-state index in [1.165, 1.54) is 5.69 Å². The van der Waals surface area contributed by atoms with Gasteiger partial charge < -0.3 is 9.47 Å². The number of hydrogen-bond donors (Lipinski definition) is 0. The predicted molar refractivity (Wildman–Crippen MR) is 81.3 cm³/mol. The van der Waals surface area contributed by atoms with Gasteiger partial charge in [-0.3, -0.25) is 9.20 Å². The molecule has 0 fully saturated rings. The van der Waals surface area contributed by atoms with Crippen LogP contribution in [0, 0.1) is 0 Å². The van der Waals surface area contributed by atoms with E-state index < -0.39 is 0 Å². The Labute approximate surface area is 126 Å². The number of hydrogen-bond acceptors (Lipinski definition) is 3. The maximum absolute atomic E-state index is 12.6. The number of nitrogens with zero attached hydrogens (tertiary/aromatic N) is 4. The lowest BCUT2D eigenvalue weighted by Crippen LogP contribution is -2.41. The molecule has 1 aliphatic heterocycles. The Morgan fingerprint density at radius 3 is 3.19 bits per heavy atom. The Bertz CT molecular complexity index is 771. The molecule has 0 bridgehead atoms. The minimum atomic E-state index is 0.130. The van der Waals surface area contributed by atoms with Crippen LogP contribution in [0.4, 0.5) is 0 Å². The van der Waals surface area contributed by atoms with E-state index in [4.69, 9.17) is 0 Å². The topological polar surface area (TPSA) is 42.5 Å². The quantitative estimate of drug-likeness (QED) is 0.729. The lowest BCUT2D eigenvalue weighted by Gasteiger charge is -2.34. The first-order valence-corrected chi connectivity index (χ1v) is 7.96. The van der Waals surface area contributed by atoms with Gasteiger partial charge in [-0.1, -0.05) is 0 Å². The van der Waals surface area contributed by atoms with Crippen LogP contribution in [0.5, 0.6) is 0 Å². The van der Waals surface area contributed by atoms with Gasteiger partial charge in [0.05, 0.1) is 18.2 Å². The van der Waals surface area contributed by atoms with Crippen molar-refractivity contribution in [3.05, 3.63) is 47.5 Å². The summed E-state index contributed by atoms with van der Waals surface area (Å²) in [5.74, 6) is 0.153. The molecule has 0 radical (unpaired) electrons. The first-order chi connectivity index (χ1) is 10.2. The highest BCUT2D eigenvalue weighted by Gasteiger charge is 2.27. The first kappa shape index (κ1) is 12.6. The zero-order valence-electron chi connectivity index (χ0n) is 11.8. The van der Waals surface area contributed by atoms with E-state index in [0.29, 0.717) is 6.42 Å². The smallest absolute Gasteiger partial charge is 0.229 e. The van der Waals surface area contributed by atoms with Gasteiger partial charge in [0.25, 0.3) is 0 Å². The molecule has 4 heterocycles. The molecule has 1 amide bonds. The molecule has 21 heavy (non-hydrogen) atoms. The molecular formula is C15H16N4OS. The minimum Gasteiger partial charge on any atom is -0.348 e. The molecule has 1 aliphatic rings. The summed E-state index contributed by atoms with van der Waals surface area (Å²) in [6.45, 7) is 3.73. The number of fused-ring (bicyclic) bond motifs is 2. The van der Waals surface area contributed by atoms with Crippen LogP contribution in [0.1, 0.15) is 24.4 Å². The zero-order valence-corrected chi connectivity index (χ0v) is 12.6. The van der Waals surface area contributed by atoms with Crippen molar-refractivity contribution in [3.63, 3.8) is 0 Å². The molecule has 108 valence electrons. The second-order valence-electron chi connectivity index (χ2n) is 5.39. The van der Waals surface area contributed by atoms with Crippen LogP contribution in [-0.4, -0.2) is 31.3 Å². The summed E-state index contributed by atoms with van der Waals surface area (Å²) in [6, 6.07) is 4.27. The third-order valence-corrected chi connectivity index (χ3v) is 4.91. The number of aromatic nitrogens is 3. The van der Waals surface area contributed by atoms with E-state index >= 15 is 0 Å². The fraction of sp³-hybridized carbons (Fsp3) is 0.333. The highest BCUT2D eigenvalue weighted by molar-refractivity contribution is 7.15. The monoisotopic (exact) mass is 300 g/mol. The average Bonchev–Trinajstić information content (AvgIpc) is 3.13. The maximum Gasteiger partial charge on any atom is 0.229 e. The van der Waals surface area contributed by atoms with Crippen molar-refractivity contribution in [2.24, 2.45) is 0 Å². The normalized spacial score (nSPS) is 18.1. The van der Waals surface area contributed by atoms with Crippen molar-refractivity contribution in [2.75, 3.05) is 6.54 Å². The molecule has 0 aliphatic carbocycles. The molecule has 3 aromatic rings. The van der Waals surface area contributed by atoms with Gasteiger partial charge in [0.2, 0.25) is 5.91 Å². The van der Waals surface area contributed by atoms with Crippen LogP contribution in [0.15, 0.2) is 36.1 Å². The maximum atomic E-state index is 12.6. The van der Waals surface area contributed by atoms with E-state index in [9.17, 15) is 4.79 Å². The molecule has 1 atom stereocenters. The van der Waals surface area contributed by atoms with Crippen LogP contribution in [0.25, 0.3) is 4.96 Å². The fourth-order valence-corrected chi connectivity index (χ4v) is 3.76. The van der Waals surface area contributed by atoms with Gasteiger partial charge in [-0.05, 0) is 19.1 Å². The third kappa shape index (κ3) is 2.06. The molecule has 0 N–H and O–H groups in total. The average molecular weight is 300 g/mol. The molecule has 6 heteroatoms. The van der Waals surface area contributed by atoms with Gasteiger partial charge in [0, 0.05) is 42.8 Å². The van der Waals surface area contributed by atoms with Crippen LogP contribution in [-0.2, 0) is 17.8 Å². The second-order valence-corrected chi connectivity index (χ2v) is 6.26. The molecule has 0 aromatic carbocycles. The summed E-state index contributed by atoms with van der Waals surface area (Å²) < 4.78 is 4.19. The van der Waals surface area contributed by atoms with Crippen LogP contribution in [0.3, 0.4) is 0 Å². The van der Waals surface area contributed by atoms with Crippen molar-refractivity contribution in [1.29, 1.82) is 0 Å². The highest BCUT2D eigenvalue weighted by Crippen LogP contribution is 2.26. The zero-order chi connectivity index (χ0) is 14.4. The predicted octanol–water partition coefficient (Wildman–Crippen LogP) is 2.34. The van der Waals surface area contributed by atoms with Gasteiger partial charge in [0.1, 0.15) is 0 Å². The minimum absolute atomic E-state index is 0.130. The van der Waals surface area contributed by atoms with E-state index in [-0.39, 0.29) is 11.9 Å². The molecule has 0 saturated carbocycles. The van der Waals surface area contributed by atoms with E-state index in [0.717, 1.165) is 23.7 Å². The number of thiazole rings is 1. The summed E-state index contributed by atoms with van der Waals surface area (Å²) >= 11 is 1.59. The van der Waals surface area contributed by atoms with Gasteiger partial charge >= 0.3 is 0 Å². The van der Waals surface area contributed by atoms with Crippen LogP contribution >= 0.6 is 11.3 Å². The van der Waals surface area contributed by atoms with Crippen molar-refractivity contribution in [1.82, 2.24) is 18.9 Å². The third-order valence-electron chi connectivity index (χ3n) is 4.14. The molecule has 4 rings (SSSR count). The standard InChI is InChI=1S/C15H16N4OS/c1-11-13-3-2-4-17(13)5-6-19(11)14(20)9-12-10-18-7-8-21-15(18)16-12/h2-4,7-8,10-11H,5-6,9H2,1H3/t11-/m1/s1. The van der Waals surface area contributed by atoms with Crippen LogP contribution < -0.4 is 0 Å². The van der Waals surface area contributed by atoms with Gasteiger partial charge in [-0.25, -0.2) is 4.98 Å².